The Balaban J connectivity index is 1.41. The highest BCUT2D eigenvalue weighted by Gasteiger charge is 2.09. The standard InChI is InChI=1S/C21H17N3OS2/c22-17-6-3-7-18(11-17)26-13-20(25)24-21-23-19(12-27-21)16-9-8-14-4-1-2-5-15(14)10-16/h1-12H,13,22H2,(H,23,24,25). The molecule has 0 unspecified atom stereocenters. The molecule has 4 aromatic rings. The number of thioether (sulfide) groups is 1. The van der Waals surface area contributed by atoms with Crippen molar-refractivity contribution >= 4 is 50.6 Å². The maximum Gasteiger partial charge on any atom is 0.236 e. The maximum atomic E-state index is 12.2. The van der Waals surface area contributed by atoms with Crippen LogP contribution in [0.1, 0.15) is 0 Å². The number of nitrogens with one attached hydrogen (secondary N) is 1. The quantitative estimate of drug-likeness (QED) is 0.359. The molecule has 1 heterocycles. The third kappa shape index (κ3) is 4.30. The van der Waals surface area contributed by atoms with Gasteiger partial charge in [0.25, 0.3) is 0 Å². The van der Waals surface area contributed by atoms with Crippen LogP contribution in [0.15, 0.2) is 77.0 Å². The highest BCUT2D eigenvalue weighted by molar-refractivity contribution is 8.00. The fraction of sp³-hybridized carbons (Fsp3) is 0.0476. The van der Waals surface area contributed by atoms with Crippen LogP contribution in [0.25, 0.3) is 22.0 Å². The second-order valence-corrected chi connectivity index (χ2v) is 7.92. The van der Waals surface area contributed by atoms with Crippen LogP contribution in [0.5, 0.6) is 0 Å². The SMILES string of the molecule is Nc1cccc(SCC(=O)Nc2nc(-c3ccc4ccccc4c3)cs2)c1. The van der Waals surface area contributed by atoms with Gasteiger partial charge in [-0.05, 0) is 35.0 Å². The van der Waals surface area contributed by atoms with E-state index in [9.17, 15) is 4.79 Å². The topological polar surface area (TPSA) is 68.0 Å². The smallest absolute Gasteiger partial charge is 0.236 e. The van der Waals surface area contributed by atoms with Crippen LogP contribution in [-0.2, 0) is 4.79 Å². The molecule has 0 saturated carbocycles. The van der Waals surface area contributed by atoms with Crippen molar-refractivity contribution in [1.29, 1.82) is 0 Å². The lowest BCUT2D eigenvalue weighted by Gasteiger charge is -2.03. The molecule has 1 aromatic heterocycles. The van der Waals surface area contributed by atoms with Gasteiger partial charge in [0.05, 0.1) is 11.4 Å². The number of carbonyl (C=O) groups is 1. The predicted molar refractivity (Wildman–Crippen MR) is 115 cm³/mol. The van der Waals surface area contributed by atoms with Crippen LogP contribution >= 0.6 is 23.1 Å². The average molecular weight is 392 g/mol. The van der Waals surface area contributed by atoms with Gasteiger partial charge < -0.3 is 11.1 Å². The predicted octanol–water partition coefficient (Wildman–Crippen LogP) is 5.28. The number of rotatable bonds is 5. The van der Waals surface area contributed by atoms with E-state index in [-0.39, 0.29) is 5.91 Å². The Hall–Kier alpha value is -2.83. The molecule has 0 bridgehead atoms. The number of anilines is 2. The lowest BCUT2D eigenvalue weighted by atomic mass is 10.1. The van der Waals surface area contributed by atoms with Crippen LogP contribution in [0, 0.1) is 0 Å². The van der Waals surface area contributed by atoms with E-state index in [4.69, 9.17) is 5.73 Å². The third-order valence-corrected chi connectivity index (χ3v) is 5.78. The molecule has 6 heteroatoms. The first-order chi connectivity index (χ1) is 13.2. The molecule has 1 amide bonds. The Morgan fingerprint density at radius 3 is 2.74 bits per heavy atom. The van der Waals surface area contributed by atoms with Crippen LogP contribution in [0.2, 0.25) is 0 Å². The van der Waals surface area contributed by atoms with E-state index in [0.29, 0.717) is 16.6 Å². The number of carbonyl (C=O) groups excluding carboxylic acids is 1. The summed E-state index contributed by atoms with van der Waals surface area (Å²) in [4.78, 5) is 17.7. The van der Waals surface area contributed by atoms with Gasteiger partial charge in [-0.1, -0.05) is 42.5 Å². The first-order valence-corrected chi connectivity index (χ1v) is 10.3. The molecule has 0 atom stereocenters. The van der Waals surface area contributed by atoms with Crippen LogP contribution in [0.4, 0.5) is 10.8 Å². The Bertz CT molecular complexity index is 1110. The zero-order chi connectivity index (χ0) is 18.6. The van der Waals surface area contributed by atoms with Gasteiger partial charge in [0, 0.05) is 21.5 Å². The molecule has 4 rings (SSSR count). The lowest BCUT2D eigenvalue weighted by molar-refractivity contribution is -0.113. The molecule has 134 valence electrons. The van der Waals surface area contributed by atoms with E-state index in [0.717, 1.165) is 16.2 Å². The molecule has 0 saturated heterocycles. The Kier molecular flexibility index (Phi) is 5.09. The Morgan fingerprint density at radius 2 is 1.89 bits per heavy atom. The van der Waals surface area contributed by atoms with Gasteiger partial charge in [-0.3, -0.25) is 4.79 Å². The van der Waals surface area contributed by atoms with Crippen molar-refractivity contribution in [3.8, 4) is 11.3 Å². The molecule has 27 heavy (non-hydrogen) atoms. The number of nitrogens with two attached hydrogens (primary N) is 1. The summed E-state index contributed by atoms with van der Waals surface area (Å²) in [6.07, 6.45) is 0. The zero-order valence-corrected chi connectivity index (χ0v) is 16.0. The van der Waals surface area contributed by atoms with Crippen LogP contribution < -0.4 is 11.1 Å². The van der Waals surface area contributed by atoms with Gasteiger partial charge in [-0.2, -0.15) is 0 Å². The van der Waals surface area contributed by atoms with Crippen molar-refractivity contribution in [2.75, 3.05) is 16.8 Å². The second kappa shape index (κ2) is 7.82. The number of hydrogen-bond donors (Lipinski definition) is 2. The summed E-state index contributed by atoms with van der Waals surface area (Å²) in [7, 11) is 0. The minimum atomic E-state index is -0.0816. The van der Waals surface area contributed by atoms with Crippen molar-refractivity contribution in [3.05, 3.63) is 72.1 Å². The van der Waals surface area contributed by atoms with Gasteiger partial charge in [-0.15, -0.1) is 23.1 Å². The summed E-state index contributed by atoms with van der Waals surface area (Å²) in [5.74, 6) is 0.232. The van der Waals surface area contributed by atoms with Gasteiger partial charge in [0.15, 0.2) is 5.13 Å². The summed E-state index contributed by atoms with van der Waals surface area (Å²) in [5, 5.41) is 7.81. The maximum absolute atomic E-state index is 12.2. The summed E-state index contributed by atoms with van der Waals surface area (Å²) in [6.45, 7) is 0. The number of benzene rings is 3. The number of amides is 1. The number of thiazole rings is 1. The highest BCUT2D eigenvalue weighted by Crippen LogP contribution is 2.28. The summed E-state index contributed by atoms with van der Waals surface area (Å²) >= 11 is 2.88. The summed E-state index contributed by atoms with van der Waals surface area (Å²) in [5.41, 5.74) is 8.36. The number of nitrogen functional groups attached to an aromatic ring is 1. The molecule has 0 spiro atoms. The fourth-order valence-electron chi connectivity index (χ4n) is 2.72. The number of nitrogens with zero attached hydrogens (tertiary/aromatic N) is 1. The minimum absolute atomic E-state index is 0.0816. The highest BCUT2D eigenvalue weighted by atomic mass is 32.2. The van der Waals surface area contributed by atoms with E-state index in [1.165, 1.54) is 33.9 Å². The van der Waals surface area contributed by atoms with Crippen LogP contribution in [0.3, 0.4) is 0 Å². The fourth-order valence-corrected chi connectivity index (χ4v) is 4.22. The molecule has 3 aromatic carbocycles. The van der Waals surface area contributed by atoms with E-state index >= 15 is 0 Å². The third-order valence-electron chi connectivity index (χ3n) is 4.02. The van der Waals surface area contributed by atoms with Crippen molar-refractivity contribution < 1.29 is 4.79 Å². The second-order valence-electron chi connectivity index (χ2n) is 6.01. The van der Waals surface area contributed by atoms with E-state index in [1.54, 1.807) is 0 Å². The van der Waals surface area contributed by atoms with Gasteiger partial charge >= 0.3 is 0 Å². The zero-order valence-electron chi connectivity index (χ0n) is 14.4. The molecule has 0 aliphatic carbocycles. The largest absolute Gasteiger partial charge is 0.399 e. The number of hydrogen-bond acceptors (Lipinski definition) is 5. The molecular formula is C21H17N3OS2. The van der Waals surface area contributed by atoms with Gasteiger partial charge in [0.1, 0.15) is 0 Å². The number of fused-ring (bicyclic) bond motifs is 1. The first kappa shape index (κ1) is 17.6. The monoisotopic (exact) mass is 391 g/mol. The molecule has 0 aliphatic heterocycles. The Labute approximate surface area is 165 Å². The van der Waals surface area contributed by atoms with Crippen LogP contribution in [-0.4, -0.2) is 16.6 Å². The lowest BCUT2D eigenvalue weighted by Crippen LogP contribution is -2.13. The van der Waals surface area contributed by atoms with E-state index in [2.05, 4.69) is 40.6 Å². The van der Waals surface area contributed by atoms with Gasteiger partial charge in [-0.25, -0.2) is 4.98 Å². The number of aromatic nitrogens is 1. The van der Waals surface area contributed by atoms with Gasteiger partial charge in [0.2, 0.25) is 5.91 Å². The molecule has 3 N–H and O–H groups in total. The molecular weight excluding hydrogens is 374 g/mol. The van der Waals surface area contributed by atoms with E-state index < -0.39 is 0 Å². The normalized spacial score (nSPS) is 10.8. The van der Waals surface area contributed by atoms with E-state index in [1.807, 2.05) is 41.8 Å². The molecule has 0 fully saturated rings. The molecule has 0 radical (unpaired) electrons. The molecule has 0 aliphatic rings. The molecule has 4 nitrogen and oxygen atoms in total. The van der Waals surface area contributed by atoms with Crippen molar-refractivity contribution in [2.45, 2.75) is 4.90 Å². The van der Waals surface area contributed by atoms with Crippen molar-refractivity contribution in [2.24, 2.45) is 0 Å². The van der Waals surface area contributed by atoms with Crippen molar-refractivity contribution in [3.63, 3.8) is 0 Å². The minimum Gasteiger partial charge on any atom is -0.399 e. The summed E-state index contributed by atoms with van der Waals surface area (Å²) in [6, 6.07) is 22.0. The average Bonchev–Trinajstić information content (AvgIpc) is 3.14. The summed E-state index contributed by atoms with van der Waals surface area (Å²) < 4.78 is 0. The Morgan fingerprint density at radius 1 is 1.04 bits per heavy atom. The van der Waals surface area contributed by atoms with Crippen molar-refractivity contribution in [1.82, 2.24) is 4.98 Å². The first-order valence-electron chi connectivity index (χ1n) is 8.40.